The van der Waals surface area contributed by atoms with Gasteiger partial charge in [-0.25, -0.2) is 9.59 Å². The van der Waals surface area contributed by atoms with Crippen LogP contribution in [0.1, 0.15) is 30.0 Å². The Morgan fingerprint density at radius 3 is 2.41 bits per heavy atom. The van der Waals surface area contributed by atoms with Crippen LogP contribution in [0.25, 0.3) is 11.0 Å². The third-order valence-corrected chi connectivity index (χ3v) is 4.35. The van der Waals surface area contributed by atoms with Crippen LogP contribution in [0.4, 0.5) is 4.79 Å². The Kier molecular flexibility index (Phi) is 6.29. The van der Waals surface area contributed by atoms with Gasteiger partial charge in [-0.3, -0.25) is 4.79 Å². The van der Waals surface area contributed by atoms with Crippen LogP contribution in [0.3, 0.4) is 0 Å². The van der Waals surface area contributed by atoms with E-state index >= 15 is 0 Å². The molecule has 0 bridgehead atoms. The van der Waals surface area contributed by atoms with E-state index in [1.165, 1.54) is 17.0 Å². The number of hydrogen-bond donors (Lipinski definition) is 0. The van der Waals surface area contributed by atoms with Crippen molar-refractivity contribution in [1.29, 1.82) is 0 Å². The van der Waals surface area contributed by atoms with E-state index in [2.05, 4.69) is 0 Å². The number of carbonyl (C=O) groups is 2. The summed E-state index contributed by atoms with van der Waals surface area (Å²) in [6, 6.07) is 14.8. The summed E-state index contributed by atoms with van der Waals surface area (Å²) >= 11 is 0. The van der Waals surface area contributed by atoms with E-state index in [-0.39, 0.29) is 29.1 Å². The molecule has 3 aromatic rings. The molecule has 0 atom stereocenters. The third-order valence-electron chi connectivity index (χ3n) is 4.35. The Morgan fingerprint density at radius 2 is 1.72 bits per heavy atom. The van der Waals surface area contributed by atoms with Crippen molar-refractivity contribution in [3.05, 3.63) is 76.1 Å². The lowest BCUT2D eigenvalue weighted by Gasteiger charge is -2.18. The first-order valence-electron chi connectivity index (χ1n) is 9.28. The molecule has 0 aliphatic carbocycles. The fourth-order valence-electron chi connectivity index (χ4n) is 2.80. The van der Waals surface area contributed by atoms with Crippen LogP contribution in [-0.4, -0.2) is 30.1 Å². The maximum atomic E-state index is 12.6. The molecule has 0 saturated carbocycles. The minimum absolute atomic E-state index is 0.0585. The fourth-order valence-corrected chi connectivity index (χ4v) is 2.80. The first-order valence-corrected chi connectivity index (χ1v) is 9.28. The molecule has 1 heterocycles. The van der Waals surface area contributed by atoms with Gasteiger partial charge >= 0.3 is 12.1 Å². The molecule has 0 N–H and O–H groups in total. The second-order valence-corrected chi connectivity index (χ2v) is 6.21. The number of amides is 1. The molecule has 0 unspecified atom stereocenters. The highest BCUT2D eigenvalue weighted by Crippen LogP contribution is 2.24. The second-order valence-electron chi connectivity index (χ2n) is 6.21. The van der Waals surface area contributed by atoms with Crippen molar-refractivity contribution in [2.24, 2.45) is 0 Å². The summed E-state index contributed by atoms with van der Waals surface area (Å²) in [5.41, 5.74) is 0.449. The summed E-state index contributed by atoms with van der Waals surface area (Å²) < 4.78 is 16.1. The molecule has 0 spiro atoms. The molecule has 1 amide bonds. The molecule has 0 radical (unpaired) electrons. The number of fused-ring (bicyclic) bond motifs is 1. The van der Waals surface area contributed by atoms with Crippen molar-refractivity contribution in [3.8, 4) is 5.75 Å². The van der Waals surface area contributed by atoms with Gasteiger partial charge in [0, 0.05) is 19.2 Å². The zero-order chi connectivity index (χ0) is 20.8. The van der Waals surface area contributed by atoms with Gasteiger partial charge in [-0.1, -0.05) is 36.4 Å². The summed E-state index contributed by atoms with van der Waals surface area (Å²) in [5.74, 6) is -0.888. The number of nitrogens with zero attached hydrogens (tertiary/aromatic N) is 1. The highest BCUT2D eigenvalue weighted by molar-refractivity contribution is 5.91. The van der Waals surface area contributed by atoms with Crippen molar-refractivity contribution in [1.82, 2.24) is 4.90 Å². The number of hydrogen-bond acceptors (Lipinski definition) is 6. The van der Waals surface area contributed by atoms with E-state index in [9.17, 15) is 14.4 Å². The molecular formula is C22H21NO6. The van der Waals surface area contributed by atoms with E-state index in [1.54, 1.807) is 6.07 Å². The Morgan fingerprint density at radius 1 is 1.00 bits per heavy atom. The van der Waals surface area contributed by atoms with Crippen molar-refractivity contribution >= 4 is 23.0 Å². The Bertz CT molecular complexity index is 1070. The lowest BCUT2D eigenvalue weighted by Crippen LogP contribution is -2.33. The van der Waals surface area contributed by atoms with Gasteiger partial charge in [-0.05, 0) is 31.5 Å². The summed E-state index contributed by atoms with van der Waals surface area (Å²) in [6.07, 6.45) is -0.562. The molecule has 7 heteroatoms. The zero-order valence-corrected chi connectivity index (χ0v) is 16.2. The number of ether oxygens (including phenoxy) is 2. The van der Waals surface area contributed by atoms with Gasteiger partial charge < -0.3 is 18.8 Å². The van der Waals surface area contributed by atoms with E-state index in [0.29, 0.717) is 13.1 Å². The average Bonchev–Trinajstić information content (AvgIpc) is 2.73. The molecule has 2 aromatic carbocycles. The monoisotopic (exact) mass is 395 g/mol. The standard InChI is InChI=1S/C22H21NO6/c1-3-23(4-2)22(26)29-18-12-8-11-17-20(18)16(24)13-19(28-17)21(25)27-14-15-9-6-5-7-10-15/h5-13H,3-4,14H2,1-2H3. The van der Waals surface area contributed by atoms with Crippen LogP contribution in [0.5, 0.6) is 5.75 Å². The van der Waals surface area contributed by atoms with E-state index < -0.39 is 17.5 Å². The van der Waals surface area contributed by atoms with Gasteiger partial charge in [0.05, 0.1) is 0 Å². The molecule has 0 aliphatic heterocycles. The van der Waals surface area contributed by atoms with E-state index in [1.807, 2.05) is 44.2 Å². The number of esters is 1. The van der Waals surface area contributed by atoms with Gasteiger partial charge in [0.15, 0.2) is 5.43 Å². The quantitative estimate of drug-likeness (QED) is 0.587. The number of carbonyl (C=O) groups excluding carboxylic acids is 2. The molecule has 0 aliphatic rings. The number of benzene rings is 2. The van der Waals surface area contributed by atoms with Crippen molar-refractivity contribution in [2.45, 2.75) is 20.5 Å². The Hall–Kier alpha value is -3.61. The maximum Gasteiger partial charge on any atom is 0.415 e. The average molecular weight is 395 g/mol. The Labute approximate surface area is 167 Å². The van der Waals surface area contributed by atoms with Gasteiger partial charge in [0.2, 0.25) is 5.76 Å². The Balaban J connectivity index is 1.85. The summed E-state index contributed by atoms with van der Waals surface area (Å²) in [4.78, 5) is 38.6. The molecule has 1 aromatic heterocycles. The molecule has 150 valence electrons. The predicted octanol–water partition coefficient (Wildman–Crippen LogP) is 3.99. The van der Waals surface area contributed by atoms with Crippen LogP contribution in [0, 0.1) is 0 Å². The van der Waals surface area contributed by atoms with Crippen molar-refractivity contribution in [2.75, 3.05) is 13.1 Å². The summed E-state index contributed by atoms with van der Waals surface area (Å²) in [6.45, 7) is 4.67. The molecular weight excluding hydrogens is 374 g/mol. The molecule has 29 heavy (non-hydrogen) atoms. The van der Waals surface area contributed by atoms with Crippen LogP contribution in [0.2, 0.25) is 0 Å². The zero-order valence-electron chi connectivity index (χ0n) is 16.2. The maximum absolute atomic E-state index is 12.6. The normalized spacial score (nSPS) is 10.6. The van der Waals surface area contributed by atoms with Crippen molar-refractivity contribution in [3.63, 3.8) is 0 Å². The SMILES string of the molecule is CCN(CC)C(=O)Oc1cccc2oc(C(=O)OCc3ccccc3)cc(=O)c12. The number of rotatable bonds is 6. The van der Waals surface area contributed by atoms with Crippen LogP contribution in [0.15, 0.2) is 63.8 Å². The fraction of sp³-hybridized carbons (Fsp3) is 0.227. The van der Waals surface area contributed by atoms with Gasteiger partial charge in [-0.2, -0.15) is 0 Å². The lowest BCUT2D eigenvalue weighted by molar-refractivity contribution is 0.0436. The highest BCUT2D eigenvalue weighted by atomic mass is 16.6. The summed E-state index contributed by atoms with van der Waals surface area (Å²) in [7, 11) is 0. The van der Waals surface area contributed by atoms with Crippen LogP contribution in [-0.2, 0) is 11.3 Å². The highest BCUT2D eigenvalue weighted by Gasteiger charge is 2.19. The van der Waals surface area contributed by atoms with Gasteiger partial charge in [0.1, 0.15) is 23.3 Å². The van der Waals surface area contributed by atoms with Gasteiger partial charge in [-0.15, -0.1) is 0 Å². The lowest BCUT2D eigenvalue weighted by atomic mass is 10.2. The first kappa shape index (κ1) is 20.1. The van der Waals surface area contributed by atoms with Gasteiger partial charge in [0.25, 0.3) is 0 Å². The minimum atomic E-state index is -0.751. The summed E-state index contributed by atoms with van der Waals surface area (Å²) in [5, 5.41) is 0.0904. The van der Waals surface area contributed by atoms with Crippen LogP contribution < -0.4 is 10.2 Å². The predicted molar refractivity (Wildman–Crippen MR) is 107 cm³/mol. The van der Waals surface area contributed by atoms with E-state index in [4.69, 9.17) is 13.9 Å². The smallest absolute Gasteiger partial charge is 0.415 e. The molecule has 0 fully saturated rings. The molecule has 7 nitrogen and oxygen atoms in total. The van der Waals surface area contributed by atoms with Crippen molar-refractivity contribution < 1.29 is 23.5 Å². The molecule has 0 saturated heterocycles. The van der Waals surface area contributed by atoms with Crippen LogP contribution >= 0.6 is 0 Å². The second kappa shape index (κ2) is 9.05. The first-order chi connectivity index (χ1) is 14.0. The molecule has 3 rings (SSSR count). The third kappa shape index (κ3) is 4.63. The minimum Gasteiger partial charge on any atom is -0.455 e. The largest absolute Gasteiger partial charge is 0.455 e. The topological polar surface area (TPSA) is 86.1 Å². The van der Waals surface area contributed by atoms with E-state index in [0.717, 1.165) is 11.6 Å².